The van der Waals surface area contributed by atoms with Crippen LogP contribution in [0.1, 0.15) is 13.8 Å². The minimum atomic E-state index is -5.78. The summed E-state index contributed by atoms with van der Waals surface area (Å²) in [4.78, 5) is 49.1. The van der Waals surface area contributed by atoms with Crippen LogP contribution in [0.2, 0.25) is 0 Å². The van der Waals surface area contributed by atoms with Gasteiger partial charge in [0, 0.05) is 11.9 Å². The van der Waals surface area contributed by atoms with Gasteiger partial charge in [0.05, 0.1) is 6.61 Å². The van der Waals surface area contributed by atoms with Crippen LogP contribution in [0.5, 0.6) is 0 Å². The predicted molar refractivity (Wildman–Crippen MR) is 106 cm³/mol. The molecule has 2 heterocycles. The van der Waals surface area contributed by atoms with Gasteiger partial charge in [0.2, 0.25) is 0 Å². The Morgan fingerprint density at radius 3 is 2.36 bits per heavy atom. The Labute approximate surface area is 186 Å². The molecule has 19 heteroatoms. The number of allylic oxidation sites excluding steroid dienone is 1. The minimum Gasteiger partial charge on any atom is -0.386 e. The van der Waals surface area contributed by atoms with Crippen LogP contribution in [0.25, 0.3) is 0 Å². The summed E-state index contributed by atoms with van der Waals surface area (Å²) in [6, 6.07) is -0.839. The van der Waals surface area contributed by atoms with E-state index in [1.54, 1.807) is 6.92 Å². The second kappa shape index (κ2) is 8.99. The van der Waals surface area contributed by atoms with E-state index in [9.17, 15) is 38.5 Å². The molecule has 7 N–H and O–H groups in total. The number of phosphoric acid groups is 3. The van der Waals surface area contributed by atoms with Crippen LogP contribution >= 0.6 is 23.5 Å². The third kappa shape index (κ3) is 6.19. The van der Waals surface area contributed by atoms with Gasteiger partial charge in [0.25, 0.3) is 0 Å². The van der Waals surface area contributed by atoms with E-state index in [1.807, 2.05) is 5.92 Å². The lowest BCUT2D eigenvalue weighted by Gasteiger charge is -2.35. The number of nitrogens with one attached hydrogen (secondary N) is 1. The lowest BCUT2D eigenvalue weighted by atomic mass is 9.88. The average Bonchev–Trinajstić information content (AvgIpc) is 2.82. The fourth-order valence-electron chi connectivity index (χ4n) is 2.87. The van der Waals surface area contributed by atoms with Crippen molar-refractivity contribution in [2.24, 2.45) is 0 Å². The van der Waals surface area contributed by atoms with Crippen molar-refractivity contribution in [3.05, 3.63) is 24.0 Å². The number of terminal acetylenes is 1. The molecule has 0 aromatic rings. The number of aliphatic hydroxyl groups excluding tert-OH is 1. The summed E-state index contributed by atoms with van der Waals surface area (Å²) in [5.74, 6) is 1.90. The van der Waals surface area contributed by atoms with E-state index in [4.69, 9.17) is 20.9 Å². The standard InChI is InChI=1S/C14H21N2O14P3/c1-5-14(19)10(17)13(4,28-11(14)16-6-8(2)9(3)15-12(16)18)7-27-32(23,24)30-33(25,26)29-31(20,21)22/h1,6,10-11,17,19H,3,7H2,2,4H3,(H,15,18)(H,23,24)(H,25,26)(H2,20,21,22)/t10-,11+,13+,14?/m0/s1. The number of carbonyl (C=O) groups excluding carboxylic acids is 1. The first-order valence-corrected chi connectivity index (χ1v) is 13.1. The van der Waals surface area contributed by atoms with E-state index >= 15 is 0 Å². The van der Waals surface area contributed by atoms with Gasteiger partial charge in [-0.25, -0.2) is 18.5 Å². The molecule has 6 atom stereocenters. The van der Waals surface area contributed by atoms with Gasteiger partial charge in [0.1, 0.15) is 11.7 Å². The highest BCUT2D eigenvalue weighted by atomic mass is 31.3. The monoisotopic (exact) mass is 534 g/mol. The highest BCUT2D eigenvalue weighted by Crippen LogP contribution is 2.66. The van der Waals surface area contributed by atoms with Crippen LogP contribution < -0.4 is 5.32 Å². The van der Waals surface area contributed by atoms with Crippen LogP contribution in [-0.2, 0) is 31.6 Å². The molecule has 2 aliphatic heterocycles. The molecule has 2 rings (SSSR count). The third-order valence-corrected chi connectivity index (χ3v) is 8.25. The SMILES string of the molecule is C#CC1(O)[C@@H](O)[C@@](C)(COP(=O)(O)OP(=O)(O)OP(=O)(O)O)O[C@H]1N1C=C(C)C(=C)NC1=O. The van der Waals surface area contributed by atoms with Crippen LogP contribution in [0, 0.1) is 12.3 Å². The Morgan fingerprint density at radius 1 is 1.27 bits per heavy atom. The number of rotatable bonds is 8. The maximum Gasteiger partial charge on any atom is 0.490 e. The van der Waals surface area contributed by atoms with Crippen molar-refractivity contribution in [1.82, 2.24) is 10.2 Å². The van der Waals surface area contributed by atoms with Crippen molar-refractivity contribution in [3.8, 4) is 12.3 Å². The van der Waals surface area contributed by atoms with E-state index < -0.39 is 59.6 Å². The number of aliphatic hydroxyl groups is 2. The average molecular weight is 534 g/mol. The minimum absolute atomic E-state index is 0.245. The predicted octanol–water partition coefficient (Wildman–Crippen LogP) is -0.387. The second-order valence-corrected chi connectivity index (χ2v) is 11.6. The van der Waals surface area contributed by atoms with Crippen molar-refractivity contribution in [3.63, 3.8) is 0 Å². The fraction of sp³-hybridized carbons (Fsp3) is 0.500. The zero-order valence-corrected chi connectivity index (χ0v) is 19.6. The van der Waals surface area contributed by atoms with Crippen molar-refractivity contribution >= 4 is 29.5 Å². The Kier molecular flexibility index (Phi) is 7.59. The van der Waals surface area contributed by atoms with E-state index in [0.717, 1.165) is 11.8 Å². The van der Waals surface area contributed by atoms with Crippen molar-refractivity contribution in [2.45, 2.75) is 37.4 Å². The number of urea groups is 1. The first-order valence-electron chi connectivity index (χ1n) is 8.57. The number of amides is 2. The molecule has 0 radical (unpaired) electrons. The smallest absolute Gasteiger partial charge is 0.386 e. The molecule has 0 bridgehead atoms. The zero-order chi connectivity index (χ0) is 25.6. The molecule has 0 spiro atoms. The zero-order valence-electron chi connectivity index (χ0n) is 17.0. The molecule has 2 amide bonds. The van der Waals surface area contributed by atoms with Gasteiger partial charge in [-0.15, -0.1) is 6.42 Å². The molecule has 3 unspecified atom stereocenters. The van der Waals surface area contributed by atoms with Crippen molar-refractivity contribution < 1.29 is 66.2 Å². The largest absolute Gasteiger partial charge is 0.490 e. The number of ether oxygens (including phenoxy) is 1. The molecule has 0 aliphatic carbocycles. The summed E-state index contributed by atoms with van der Waals surface area (Å²) in [5, 5.41) is 23.8. The quantitative estimate of drug-likeness (QED) is 0.155. The molecule has 2 aliphatic rings. The maximum atomic E-state index is 12.3. The molecule has 1 fully saturated rings. The summed E-state index contributed by atoms with van der Waals surface area (Å²) in [6.07, 6.45) is 2.76. The Morgan fingerprint density at radius 2 is 1.85 bits per heavy atom. The summed E-state index contributed by atoms with van der Waals surface area (Å²) in [6.45, 7) is 5.08. The lowest BCUT2D eigenvalue weighted by molar-refractivity contribution is -0.122. The van der Waals surface area contributed by atoms with Gasteiger partial charge in [-0.2, -0.15) is 8.62 Å². The highest BCUT2D eigenvalue weighted by molar-refractivity contribution is 7.66. The van der Waals surface area contributed by atoms with Gasteiger partial charge < -0.3 is 39.8 Å². The topological polar surface area (TPSA) is 242 Å². The Hall–Kier alpha value is -1.40. The molecule has 1 saturated heterocycles. The Balaban J connectivity index is 2.26. The van der Waals surface area contributed by atoms with Gasteiger partial charge in [-0.3, -0.25) is 9.42 Å². The highest BCUT2D eigenvalue weighted by Gasteiger charge is 2.64. The van der Waals surface area contributed by atoms with Crippen LogP contribution in [-0.4, -0.2) is 70.9 Å². The summed E-state index contributed by atoms with van der Waals surface area (Å²) in [7, 11) is -17.0. The molecule has 0 aromatic heterocycles. The molecular formula is C14H21N2O14P3. The number of hydrogen-bond donors (Lipinski definition) is 7. The summed E-state index contributed by atoms with van der Waals surface area (Å²) >= 11 is 0. The van der Waals surface area contributed by atoms with E-state index in [2.05, 4.69) is 25.0 Å². The van der Waals surface area contributed by atoms with E-state index in [-0.39, 0.29) is 5.70 Å². The second-order valence-electron chi connectivity index (χ2n) is 7.15. The number of nitrogens with zero attached hydrogens (tertiary/aromatic N) is 1. The van der Waals surface area contributed by atoms with Gasteiger partial charge >= 0.3 is 29.5 Å². The fourth-order valence-corrected chi connectivity index (χ4v) is 5.98. The number of phosphoric ester groups is 1. The number of hydrogen-bond acceptors (Lipinski definition) is 10. The molecule has 0 saturated carbocycles. The first-order chi connectivity index (χ1) is 14.8. The molecule has 33 heavy (non-hydrogen) atoms. The van der Waals surface area contributed by atoms with Gasteiger partial charge in [0.15, 0.2) is 11.8 Å². The molecule has 0 aromatic carbocycles. The van der Waals surface area contributed by atoms with Gasteiger partial charge in [-0.05, 0) is 19.4 Å². The third-order valence-electron chi connectivity index (χ3n) is 4.47. The van der Waals surface area contributed by atoms with Gasteiger partial charge in [-0.1, -0.05) is 12.5 Å². The molecule has 186 valence electrons. The molecular weight excluding hydrogens is 513 g/mol. The number of carbonyl (C=O) groups is 1. The van der Waals surface area contributed by atoms with Crippen LogP contribution in [0.3, 0.4) is 0 Å². The van der Waals surface area contributed by atoms with Crippen molar-refractivity contribution in [2.75, 3.05) is 6.61 Å². The van der Waals surface area contributed by atoms with E-state index in [0.29, 0.717) is 5.57 Å². The summed E-state index contributed by atoms with van der Waals surface area (Å²) < 4.78 is 51.3. The lowest BCUT2D eigenvalue weighted by Crippen LogP contribution is -2.57. The Bertz CT molecular complexity index is 1060. The maximum absolute atomic E-state index is 12.3. The normalized spacial score (nSPS) is 34.2. The van der Waals surface area contributed by atoms with Crippen molar-refractivity contribution in [1.29, 1.82) is 0 Å². The molecule has 16 nitrogen and oxygen atoms in total. The van der Waals surface area contributed by atoms with Crippen LogP contribution in [0.4, 0.5) is 4.79 Å². The first kappa shape index (κ1) is 27.8. The van der Waals surface area contributed by atoms with Crippen LogP contribution in [0.15, 0.2) is 24.0 Å². The van der Waals surface area contributed by atoms with E-state index in [1.165, 1.54) is 6.20 Å². The summed E-state index contributed by atoms with van der Waals surface area (Å²) in [5.41, 5.74) is -4.00.